The SMILES string of the molecule is C.C.O=c1c2ccccc2sc2cc(CN3CCC[N+]4=C3CCCCC4)ccc12.[B-]c1ccccc1. The number of hydrogen-bond acceptors (Lipinski definition) is 3. The van der Waals surface area contributed by atoms with Crippen LogP contribution < -0.4 is 10.9 Å². The second-order valence-corrected chi connectivity index (χ2v) is 10.2. The number of nitrogens with zero attached hydrogens (tertiary/aromatic N) is 2. The molecule has 0 amide bonds. The highest BCUT2D eigenvalue weighted by atomic mass is 32.1. The van der Waals surface area contributed by atoms with Crippen molar-refractivity contribution in [2.75, 3.05) is 19.6 Å². The highest BCUT2D eigenvalue weighted by molar-refractivity contribution is 7.24. The van der Waals surface area contributed by atoms with Gasteiger partial charge in [0.05, 0.1) is 19.6 Å². The van der Waals surface area contributed by atoms with E-state index >= 15 is 0 Å². The minimum atomic E-state index is 0. The van der Waals surface area contributed by atoms with Crippen LogP contribution in [0.3, 0.4) is 0 Å². The molecule has 5 heteroatoms. The number of rotatable bonds is 2. The van der Waals surface area contributed by atoms with Crippen molar-refractivity contribution in [3.63, 3.8) is 0 Å². The van der Waals surface area contributed by atoms with Crippen molar-refractivity contribution >= 4 is 50.7 Å². The van der Waals surface area contributed by atoms with E-state index in [1.807, 2.05) is 54.6 Å². The molecule has 0 saturated heterocycles. The second kappa shape index (κ2) is 12.9. The Hall–Kier alpha value is -2.92. The lowest BCUT2D eigenvalue weighted by atomic mass is 9.97. The molecule has 0 aliphatic carbocycles. The lowest BCUT2D eigenvalue weighted by Gasteiger charge is -2.26. The Balaban J connectivity index is 0.000000350. The van der Waals surface area contributed by atoms with Crippen molar-refractivity contribution in [1.82, 2.24) is 4.90 Å². The summed E-state index contributed by atoms with van der Waals surface area (Å²) in [6.07, 6.45) is 6.45. The minimum absolute atomic E-state index is 0. The molecule has 3 aromatic carbocycles. The molecule has 3 radical (unpaired) electrons. The molecule has 0 bridgehead atoms. The van der Waals surface area contributed by atoms with Gasteiger partial charge in [0.15, 0.2) is 5.43 Å². The fourth-order valence-corrected chi connectivity index (χ4v) is 6.15. The Kier molecular flexibility index (Phi) is 9.89. The van der Waals surface area contributed by atoms with Crippen molar-refractivity contribution in [1.29, 1.82) is 0 Å². The van der Waals surface area contributed by atoms with Gasteiger partial charge in [0, 0.05) is 33.0 Å². The molecule has 1 aromatic heterocycles. The van der Waals surface area contributed by atoms with Crippen LogP contribution in [0.1, 0.15) is 52.5 Å². The van der Waals surface area contributed by atoms with Gasteiger partial charge in [-0.1, -0.05) is 51.3 Å². The minimum Gasteiger partial charge on any atom is -0.580 e. The van der Waals surface area contributed by atoms with Crippen LogP contribution in [0.5, 0.6) is 0 Å². The fraction of sp³-hybridized carbons (Fsp3) is 0.355. The van der Waals surface area contributed by atoms with Gasteiger partial charge < -0.3 is 13.3 Å². The summed E-state index contributed by atoms with van der Waals surface area (Å²) >= 11 is 1.73. The molecule has 2 aliphatic heterocycles. The zero-order chi connectivity index (χ0) is 23.3. The van der Waals surface area contributed by atoms with Crippen molar-refractivity contribution in [3.8, 4) is 0 Å². The number of fused-ring (bicyclic) bond motifs is 2. The van der Waals surface area contributed by atoms with E-state index in [1.54, 1.807) is 17.2 Å². The third-order valence-corrected chi connectivity index (χ3v) is 7.86. The van der Waals surface area contributed by atoms with Crippen LogP contribution in [-0.4, -0.2) is 42.8 Å². The maximum absolute atomic E-state index is 12.8. The predicted octanol–water partition coefficient (Wildman–Crippen LogP) is 6.36. The van der Waals surface area contributed by atoms with E-state index in [4.69, 9.17) is 7.85 Å². The molecule has 187 valence electrons. The first-order valence-electron chi connectivity index (χ1n) is 12.3. The van der Waals surface area contributed by atoms with Crippen molar-refractivity contribution in [2.45, 2.75) is 53.5 Å². The van der Waals surface area contributed by atoms with Crippen molar-refractivity contribution in [3.05, 3.63) is 88.6 Å². The van der Waals surface area contributed by atoms with E-state index < -0.39 is 0 Å². The van der Waals surface area contributed by atoms with Gasteiger partial charge in [-0.15, -0.1) is 23.5 Å². The molecule has 36 heavy (non-hydrogen) atoms. The van der Waals surface area contributed by atoms with Gasteiger partial charge in [-0.2, -0.15) is 0 Å². The Morgan fingerprint density at radius 3 is 2.31 bits per heavy atom. The summed E-state index contributed by atoms with van der Waals surface area (Å²) in [5.41, 5.74) is 2.29. The molecule has 6 rings (SSSR count). The Morgan fingerprint density at radius 2 is 1.53 bits per heavy atom. The van der Waals surface area contributed by atoms with Crippen LogP contribution in [0.4, 0.5) is 0 Å². The summed E-state index contributed by atoms with van der Waals surface area (Å²) in [6.45, 7) is 4.54. The molecular weight excluding hydrogens is 459 g/mol. The van der Waals surface area contributed by atoms with Gasteiger partial charge in [-0.25, -0.2) is 0 Å². The zero-order valence-corrected chi connectivity index (χ0v) is 20.4. The molecule has 3 heterocycles. The van der Waals surface area contributed by atoms with E-state index in [0.717, 1.165) is 38.7 Å². The molecule has 0 fully saturated rings. The Morgan fingerprint density at radius 1 is 0.806 bits per heavy atom. The Bertz CT molecular complexity index is 1380. The van der Waals surface area contributed by atoms with E-state index in [-0.39, 0.29) is 20.3 Å². The summed E-state index contributed by atoms with van der Waals surface area (Å²) in [4.78, 5) is 15.4. The molecule has 2 aliphatic rings. The number of amidine groups is 1. The summed E-state index contributed by atoms with van der Waals surface area (Å²) in [5.74, 6) is 1.55. The van der Waals surface area contributed by atoms with Gasteiger partial charge in [0.2, 0.25) is 5.84 Å². The van der Waals surface area contributed by atoms with Crippen molar-refractivity contribution < 1.29 is 4.58 Å². The van der Waals surface area contributed by atoms with Crippen LogP contribution >= 0.6 is 11.3 Å². The first-order valence-corrected chi connectivity index (χ1v) is 13.1. The first kappa shape index (κ1) is 27.7. The molecule has 0 N–H and O–H groups in total. The van der Waals surface area contributed by atoms with Gasteiger partial charge in [0.1, 0.15) is 6.54 Å². The molecule has 0 spiro atoms. The predicted molar refractivity (Wildman–Crippen MR) is 159 cm³/mol. The lowest BCUT2D eigenvalue weighted by Crippen LogP contribution is -2.43. The summed E-state index contributed by atoms with van der Waals surface area (Å²) in [5, 5.41) is 1.69. The quantitative estimate of drug-likeness (QED) is 0.183. The van der Waals surface area contributed by atoms with Crippen LogP contribution in [0.2, 0.25) is 0 Å². The maximum Gasteiger partial charge on any atom is 0.247 e. The highest BCUT2D eigenvalue weighted by Gasteiger charge is 2.28. The summed E-state index contributed by atoms with van der Waals surface area (Å²) in [6, 6.07) is 23.9. The monoisotopic (exact) mass is 497 g/mol. The fourth-order valence-electron chi connectivity index (χ4n) is 5.02. The third-order valence-electron chi connectivity index (χ3n) is 6.73. The first-order chi connectivity index (χ1) is 16.7. The van der Waals surface area contributed by atoms with Gasteiger partial charge in [0.25, 0.3) is 0 Å². The number of hydrogen-bond donors (Lipinski definition) is 0. The van der Waals surface area contributed by atoms with Crippen LogP contribution in [-0.2, 0) is 6.54 Å². The van der Waals surface area contributed by atoms with E-state index in [0.29, 0.717) is 0 Å². The van der Waals surface area contributed by atoms with Gasteiger partial charge >= 0.3 is 0 Å². The average Bonchev–Trinajstić information content (AvgIpc) is 3.12. The molecule has 3 nitrogen and oxygen atoms in total. The molecule has 4 aromatic rings. The van der Waals surface area contributed by atoms with E-state index in [9.17, 15) is 4.79 Å². The average molecular weight is 498 g/mol. The zero-order valence-electron chi connectivity index (χ0n) is 19.6. The molecular formula is C31H38BN2OS. The maximum atomic E-state index is 12.8. The van der Waals surface area contributed by atoms with Gasteiger partial charge in [-0.05, 0) is 49.1 Å². The normalized spacial score (nSPS) is 15.2. The van der Waals surface area contributed by atoms with E-state index in [1.165, 1.54) is 50.8 Å². The molecule has 0 atom stereocenters. The van der Waals surface area contributed by atoms with Crippen LogP contribution in [0.25, 0.3) is 20.2 Å². The lowest BCUT2D eigenvalue weighted by molar-refractivity contribution is -0.539. The largest absolute Gasteiger partial charge is 0.580 e. The topological polar surface area (TPSA) is 23.3 Å². The molecule has 0 saturated carbocycles. The second-order valence-electron chi connectivity index (χ2n) is 9.16. The summed E-state index contributed by atoms with van der Waals surface area (Å²) in [7, 11) is 5.36. The van der Waals surface area contributed by atoms with E-state index in [2.05, 4.69) is 27.7 Å². The smallest absolute Gasteiger partial charge is 0.247 e. The Labute approximate surface area is 221 Å². The van der Waals surface area contributed by atoms with Gasteiger partial charge in [-0.3, -0.25) is 14.3 Å². The molecule has 0 unspecified atom stereocenters. The standard InChI is InChI=1S/C23H25N2OS.C6H5B.2CH4/c26-23-18-7-3-4-8-20(18)27-21-15-17(10-11-19(21)23)16-25-14-6-13-24-12-5-1-2-9-22(24)25;7-6-4-2-1-3-5-6;;/h3-4,7-8,10-11,15H,1-2,5-6,9,12-14,16H2;1-5H;2*1H4/q+1;-1;;. The highest BCUT2D eigenvalue weighted by Crippen LogP contribution is 2.26. The van der Waals surface area contributed by atoms with Crippen LogP contribution in [0.15, 0.2) is 77.6 Å². The summed E-state index contributed by atoms with van der Waals surface area (Å²) < 4.78 is 4.80. The number of benzene rings is 3. The third kappa shape index (κ3) is 6.25. The van der Waals surface area contributed by atoms with Crippen LogP contribution in [0, 0.1) is 0 Å². The van der Waals surface area contributed by atoms with Crippen molar-refractivity contribution in [2.24, 2.45) is 0 Å².